The van der Waals surface area contributed by atoms with Gasteiger partial charge in [-0.25, -0.2) is 4.79 Å². The molecule has 1 aliphatic rings. The van der Waals surface area contributed by atoms with Crippen LogP contribution in [0.25, 0.3) is 0 Å². The Bertz CT molecular complexity index is 392. The number of nitrogens with zero attached hydrogens (tertiary/aromatic N) is 1. The average Bonchev–Trinajstić information content (AvgIpc) is 2.27. The van der Waals surface area contributed by atoms with Crippen molar-refractivity contribution in [1.29, 1.82) is 0 Å². The molecule has 0 fully saturated rings. The highest BCUT2D eigenvalue weighted by Crippen LogP contribution is 2.40. The van der Waals surface area contributed by atoms with Crippen LogP contribution in [-0.2, 0) is 0 Å². The number of carbonyl (C=O) groups excluding carboxylic acids is 1. The molecule has 0 saturated carbocycles. The summed E-state index contributed by atoms with van der Waals surface area (Å²) in [5.74, 6) is 0. The molecule has 2 amide bonds. The van der Waals surface area contributed by atoms with Crippen LogP contribution < -0.4 is 5.32 Å². The van der Waals surface area contributed by atoms with Crippen molar-refractivity contribution in [2.24, 2.45) is 5.41 Å². The van der Waals surface area contributed by atoms with E-state index in [9.17, 15) is 4.79 Å². The van der Waals surface area contributed by atoms with Gasteiger partial charge in [0, 0.05) is 20.1 Å². The Morgan fingerprint density at radius 2 is 2.05 bits per heavy atom. The number of nitrogens with one attached hydrogen (secondary N) is 1. The molecule has 0 radical (unpaired) electrons. The van der Waals surface area contributed by atoms with Gasteiger partial charge in [-0.05, 0) is 44.1 Å². The van der Waals surface area contributed by atoms with E-state index >= 15 is 0 Å². The molecule has 108 valence electrons. The molecule has 3 heteroatoms. The van der Waals surface area contributed by atoms with Gasteiger partial charge in [0.05, 0.1) is 0 Å². The molecule has 0 aromatic heterocycles. The second kappa shape index (κ2) is 6.27. The van der Waals surface area contributed by atoms with Crippen molar-refractivity contribution in [3.63, 3.8) is 0 Å². The van der Waals surface area contributed by atoms with Gasteiger partial charge in [-0.1, -0.05) is 31.6 Å². The normalized spacial score (nSPS) is 20.5. The highest BCUT2D eigenvalue weighted by molar-refractivity contribution is 5.74. The summed E-state index contributed by atoms with van der Waals surface area (Å²) >= 11 is 0. The van der Waals surface area contributed by atoms with E-state index in [0.29, 0.717) is 0 Å². The van der Waals surface area contributed by atoms with Crippen LogP contribution in [0.1, 0.15) is 47.0 Å². The molecular weight excluding hydrogens is 236 g/mol. The van der Waals surface area contributed by atoms with Gasteiger partial charge in [-0.3, -0.25) is 0 Å². The van der Waals surface area contributed by atoms with E-state index in [1.807, 2.05) is 6.92 Å². The maximum atomic E-state index is 11.6. The number of hydrogen-bond acceptors (Lipinski definition) is 1. The zero-order valence-electron chi connectivity index (χ0n) is 13.2. The van der Waals surface area contributed by atoms with Gasteiger partial charge in [0.1, 0.15) is 0 Å². The van der Waals surface area contributed by atoms with Crippen LogP contribution in [0.5, 0.6) is 0 Å². The molecule has 1 aliphatic carbocycles. The first-order chi connectivity index (χ1) is 8.74. The molecule has 0 bridgehead atoms. The van der Waals surface area contributed by atoms with E-state index < -0.39 is 0 Å². The number of allylic oxidation sites excluding steroid dienone is 3. The number of amides is 2. The van der Waals surface area contributed by atoms with Gasteiger partial charge in [0.25, 0.3) is 0 Å². The first kappa shape index (κ1) is 15.8. The predicted octanol–water partition coefficient (Wildman–Crippen LogP) is 3.73. The fraction of sp³-hybridized carbons (Fsp3) is 0.688. The number of hydrogen-bond donors (Lipinski definition) is 1. The molecule has 0 aromatic rings. The van der Waals surface area contributed by atoms with Crippen LogP contribution in [0, 0.1) is 5.41 Å². The van der Waals surface area contributed by atoms with E-state index in [2.05, 4.69) is 38.2 Å². The summed E-state index contributed by atoms with van der Waals surface area (Å²) in [6, 6.07) is -0.00122. The Labute approximate surface area is 117 Å². The van der Waals surface area contributed by atoms with E-state index in [0.717, 1.165) is 0 Å². The summed E-state index contributed by atoms with van der Waals surface area (Å²) in [5.41, 5.74) is 3.17. The summed E-state index contributed by atoms with van der Waals surface area (Å²) in [5, 5.41) is 2.94. The standard InChI is InChI=1S/C16H28N2O/c1-12-8-7-11-16(3,4)14(12)10-9-13(2)17-15(19)18(5)6/h9-10,13H,7-8,11H2,1-6H3,(H,17,19)/b10-9+. The molecule has 1 N–H and O–H groups in total. The van der Waals surface area contributed by atoms with Crippen LogP contribution in [-0.4, -0.2) is 31.1 Å². The minimum absolute atomic E-state index is 0.0490. The smallest absolute Gasteiger partial charge is 0.317 e. The minimum atomic E-state index is -0.0502. The highest BCUT2D eigenvalue weighted by Gasteiger charge is 2.26. The van der Waals surface area contributed by atoms with E-state index in [1.54, 1.807) is 19.0 Å². The maximum Gasteiger partial charge on any atom is 0.317 e. The summed E-state index contributed by atoms with van der Waals surface area (Å²) in [6.45, 7) is 8.84. The van der Waals surface area contributed by atoms with E-state index in [1.165, 1.54) is 30.4 Å². The third kappa shape index (κ3) is 4.41. The van der Waals surface area contributed by atoms with Crippen molar-refractivity contribution in [2.45, 2.75) is 53.0 Å². The zero-order valence-corrected chi connectivity index (χ0v) is 13.2. The molecule has 1 rings (SSSR count). The number of rotatable bonds is 3. The second-order valence-electron chi connectivity index (χ2n) is 6.42. The van der Waals surface area contributed by atoms with Crippen LogP contribution >= 0.6 is 0 Å². The number of urea groups is 1. The van der Waals surface area contributed by atoms with Crippen LogP contribution in [0.15, 0.2) is 23.3 Å². The first-order valence-corrected chi connectivity index (χ1v) is 7.10. The number of carbonyl (C=O) groups is 1. The van der Waals surface area contributed by atoms with Gasteiger partial charge >= 0.3 is 6.03 Å². The molecule has 0 heterocycles. The van der Waals surface area contributed by atoms with Crippen LogP contribution in [0.4, 0.5) is 4.79 Å². The minimum Gasteiger partial charge on any atom is -0.332 e. The maximum absolute atomic E-state index is 11.6. The Balaban J connectivity index is 2.72. The highest BCUT2D eigenvalue weighted by atomic mass is 16.2. The van der Waals surface area contributed by atoms with Gasteiger partial charge in [-0.15, -0.1) is 0 Å². The zero-order chi connectivity index (χ0) is 14.6. The summed E-state index contributed by atoms with van der Waals surface area (Å²) in [7, 11) is 3.51. The monoisotopic (exact) mass is 264 g/mol. The molecule has 3 nitrogen and oxygen atoms in total. The van der Waals surface area contributed by atoms with Crippen molar-refractivity contribution in [2.75, 3.05) is 14.1 Å². The Morgan fingerprint density at radius 3 is 2.58 bits per heavy atom. The molecule has 1 atom stereocenters. The first-order valence-electron chi connectivity index (χ1n) is 7.10. The SMILES string of the molecule is CC1=C(/C=C/C(C)NC(=O)N(C)C)C(C)(C)CCC1. The lowest BCUT2D eigenvalue weighted by Crippen LogP contribution is -2.39. The third-order valence-corrected chi connectivity index (χ3v) is 3.85. The lowest BCUT2D eigenvalue weighted by atomic mass is 9.72. The fourth-order valence-corrected chi connectivity index (χ4v) is 2.62. The Kier molecular flexibility index (Phi) is 5.21. The second-order valence-corrected chi connectivity index (χ2v) is 6.42. The van der Waals surface area contributed by atoms with Crippen LogP contribution in [0.2, 0.25) is 0 Å². The van der Waals surface area contributed by atoms with E-state index in [-0.39, 0.29) is 17.5 Å². The predicted molar refractivity (Wildman–Crippen MR) is 81.2 cm³/mol. The Morgan fingerprint density at radius 1 is 1.42 bits per heavy atom. The molecule has 0 aliphatic heterocycles. The van der Waals surface area contributed by atoms with E-state index in [4.69, 9.17) is 0 Å². The Hall–Kier alpha value is -1.25. The third-order valence-electron chi connectivity index (χ3n) is 3.85. The van der Waals surface area contributed by atoms with Crippen molar-refractivity contribution in [3.8, 4) is 0 Å². The summed E-state index contributed by atoms with van der Waals surface area (Å²) in [4.78, 5) is 13.1. The lowest BCUT2D eigenvalue weighted by Gasteiger charge is -2.33. The lowest BCUT2D eigenvalue weighted by molar-refractivity contribution is 0.216. The molecule has 1 unspecified atom stereocenters. The topological polar surface area (TPSA) is 32.3 Å². The molecule has 19 heavy (non-hydrogen) atoms. The van der Waals surface area contributed by atoms with Crippen LogP contribution in [0.3, 0.4) is 0 Å². The van der Waals surface area contributed by atoms with Crippen molar-refractivity contribution in [3.05, 3.63) is 23.3 Å². The quantitative estimate of drug-likeness (QED) is 0.827. The molecule has 0 spiro atoms. The van der Waals surface area contributed by atoms with Gasteiger partial charge in [0.15, 0.2) is 0 Å². The molecular formula is C16H28N2O. The van der Waals surface area contributed by atoms with Crippen molar-refractivity contribution < 1.29 is 4.79 Å². The average molecular weight is 264 g/mol. The fourth-order valence-electron chi connectivity index (χ4n) is 2.62. The van der Waals surface area contributed by atoms with Gasteiger partial charge in [0.2, 0.25) is 0 Å². The van der Waals surface area contributed by atoms with Crippen molar-refractivity contribution in [1.82, 2.24) is 10.2 Å². The van der Waals surface area contributed by atoms with Crippen molar-refractivity contribution >= 4 is 6.03 Å². The summed E-state index contributed by atoms with van der Waals surface area (Å²) in [6.07, 6.45) is 8.01. The van der Waals surface area contributed by atoms with Gasteiger partial charge < -0.3 is 10.2 Å². The molecule has 0 saturated heterocycles. The largest absolute Gasteiger partial charge is 0.332 e. The molecule has 0 aromatic carbocycles. The summed E-state index contributed by atoms with van der Waals surface area (Å²) < 4.78 is 0. The van der Waals surface area contributed by atoms with Gasteiger partial charge in [-0.2, -0.15) is 0 Å².